The molecule has 1 aliphatic rings. The zero-order valence-electron chi connectivity index (χ0n) is 15.4. The van der Waals surface area contributed by atoms with E-state index in [1.54, 1.807) is 17.4 Å². The van der Waals surface area contributed by atoms with Crippen LogP contribution in [0.1, 0.15) is 23.2 Å². The Balaban J connectivity index is 1.47. The Kier molecular flexibility index (Phi) is 6.41. The summed E-state index contributed by atoms with van der Waals surface area (Å²) in [6.07, 6.45) is 3.53. The van der Waals surface area contributed by atoms with Gasteiger partial charge in [0.05, 0.1) is 17.3 Å². The number of hydrogen-bond donors (Lipinski definition) is 0. The van der Waals surface area contributed by atoms with Crippen molar-refractivity contribution in [2.75, 3.05) is 32.8 Å². The fourth-order valence-corrected chi connectivity index (χ4v) is 3.55. The lowest BCUT2D eigenvalue weighted by Gasteiger charge is -2.33. The molecule has 6 heteroatoms. The lowest BCUT2D eigenvalue weighted by atomic mass is 10.2. The molecule has 3 rings (SSSR count). The summed E-state index contributed by atoms with van der Waals surface area (Å²) in [7, 11) is 0. The zero-order valence-corrected chi connectivity index (χ0v) is 16.2. The Morgan fingerprint density at radius 1 is 1.23 bits per heavy atom. The van der Waals surface area contributed by atoms with Crippen molar-refractivity contribution in [2.45, 2.75) is 20.4 Å². The molecule has 1 fully saturated rings. The second-order valence-electron chi connectivity index (χ2n) is 6.29. The molecule has 1 aliphatic heterocycles. The highest BCUT2D eigenvalue weighted by molar-refractivity contribution is 7.09. The van der Waals surface area contributed by atoms with Gasteiger partial charge in [-0.05, 0) is 37.6 Å². The molecule has 1 saturated heterocycles. The SMILES string of the molecule is CCOc1ccc(/C=C/C(=O)N2CCN(Cc3csc(C)n3)CC2)cc1. The molecule has 2 aromatic rings. The number of aryl methyl sites for hydroxylation is 1. The number of rotatable bonds is 6. The van der Waals surface area contributed by atoms with Crippen LogP contribution in [0.4, 0.5) is 0 Å². The first-order valence-electron chi connectivity index (χ1n) is 8.97. The molecule has 1 amide bonds. The zero-order chi connectivity index (χ0) is 18.4. The number of carbonyl (C=O) groups excluding carboxylic acids is 1. The van der Waals surface area contributed by atoms with Crippen LogP contribution in [0.5, 0.6) is 5.75 Å². The van der Waals surface area contributed by atoms with Crippen LogP contribution < -0.4 is 4.74 Å². The van der Waals surface area contributed by atoms with Crippen LogP contribution >= 0.6 is 11.3 Å². The Bertz CT molecular complexity index is 747. The minimum Gasteiger partial charge on any atom is -0.494 e. The smallest absolute Gasteiger partial charge is 0.246 e. The monoisotopic (exact) mass is 371 g/mol. The number of aromatic nitrogens is 1. The fourth-order valence-electron chi connectivity index (χ4n) is 2.95. The van der Waals surface area contributed by atoms with Gasteiger partial charge >= 0.3 is 0 Å². The second-order valence-corrected chi connectivity index (χ2v) is 7.36. The molecular weight excluding hydrogens is 346 g/mol. The van der Waals surface area contributed by atoms with Crippen LogP contribution in [0, 0.1) is 6.92 Å². The van der Waals surface area contributed by atoms with Gasteiger partial charge in [0, 0.05) is 44.2 Å². The van der Waals surface area contributed by atoms with E-state index in [-0.39, 0.29) is 5.91 Å². The Morgan fingerprint density at radius 2 is 1.96 bits per heavy atom. The van der Waals surface area contributed by atoms with Crippen molar-refractivity contribution in [1.29, 1.82) is 0 Å². The fraction of sp³-hybridized carbons (Fsp3) is 0.400. The number of carbonyl (C=O) groups is 1. The summed E-state index contributed by atoms with van der Waals surface area (Å²) >= 11 is 1.69. The molecule has 1 aromatic carbocycles. The molecule has 0 N–H and O–H groups in total. The van der Waals surface area contributed by atoms with Crippen LogP contribution in [0.2, 0.25) is 0 Å². The third-order valence-corrected chi connectivity index (χ3v) is 5.17. The summed E-state index contributed by atoms with van der Waals surface area (Å²) in [5.74, 6) is 0.922. The number of amides is 1. The molecule has 26 heavy (non-hydrogen) atoms. The largest absolute Gasteiger partial charge is 0.494 e. The molecular formula is C20H25N3O2S. The molecule has 0 aliphatic carbocycles. The van der Waals surface area contributed by atoms with E-state index in [9.17, 15) is 4.79 Å². The van der Waals surface area contributed by atoms with Crippen LogP contribution in [0.15, 0.2) is 35.7 Å². The topological polar surface area (TPSA) is 45.7 Å². The van der Waals surface area contributed by atoms with Crippen molar-refractivity contribution in [3.05, 3.63) is 52.0 Å². The van der Waals surface area contributed by atoms with Gasteiger partial charge < -0.3 is 9.64 Å². The average molecular weight is 372 g/mol. The molecule has 0 saturated carbocycles. The van der Waals surface area contributed by atoms with E-state index in [2.05, 4.69) is 15.3 Å². The first-order chi connectivity index (χ1) is 12.6. The first kappa shape index (κ1) is 18.6. The van der Waals surface area contributed by atoms with Crippen molar-refractivity contribution < 1.29 is 9.53 Å². The first-order valence-corrected chi connectivity index (χ1v) is 9.85. The van der Waals surface area contributed by atoms with Crippen LogP contribution in [-0.2, 0) is 11.3 Å². The maximum absolute atomic E-state index is 12.4. The molecule has 0 spiro atoms. The van der Waals surface area contributed by atoms with Gasteiger partial charge in [-0.2, -0.15) is 0 Å². The van der Waals surface area contributed by atoms with E-state index in [0.717, 1.165) is 54.7 Å². The van der Waals surface area contributed by atoms with Gasteiger partial charge in [-0.3, -0.25) is 9.69 Å². The van der Waals surface area contributed by atoms with Crippen molar-refractivity contribution >= 4 is 23.3 Å². The lowest BCUT2D eigenvalue weighted by molar-refractivity contribution is -0.127. The van der Waals surface area contributed by atoms with Crippen LogP contribution in [0.25, 0.3) is 6.08 Å². The maximum Gasteiger partial charge on any atom is 0.246 e. The van der Waals surface area contributed by atoms with E-state index >= 15 is 0 Å². The molecule has 0 unspecified atom stereocenters. The number of ether oxygens (including phenoxy) is 1. The number of nitrogens with zero attached hydrogens (tertiary/aromatic N) is 3. The predicted molar refractivity (Wildman–Crippen MR) is 105 cm³/mol. The van der Waals surface area contributed by atoms with Gasteiger partial charge in [0.2, 0.25) is 5.91 Å². The van der Waals surface area contributed by atoms with Crippen LogP contribution in [0.3, 0.4) is 0 Å². The van der Waals surface area contributed by atoms with E-state index in [4.69, 9.17) is 4.74 Å². The highest BCUT2D eigenvalue weighted by atomic mass is 32.1. The van der Waals surface area contributed by atoms with E-state index in [0.29, 0.717) is 6.61 Å². The summed E-state index contributed by atoms with van der Waals surface area (Å²) in [5.41, 5.74) is 2.13. The van der Waals surface area contributed by atoms with Crippen molar-refractivity contribution in [2.24, 2.45) is 0 Å². The van der Waals surface area contributed by atoms with Crippen molar-refractivity contribution in [3.8, 4) is 5.75 Å². The highest BCUT2D eigenvalue weighted by Crippen LogP contribution is 2.14. The van der Waals surface area contributed by atoms with Gasteiger partial charge in [0.1, 0.15) is 5.75 Å². The number of hydrogen-bond acceptors (Lipinski definition) is 5. The summed E-state index contributed by atoms with van der Waals surface area (Å²) in [5, 5.41) is 3.22. The molecule has 138 valence electrons. The van der Waals surface area contributed by atoms with Crippen LogP contribution in [-0.4, -0.2) is 53.5 Å². The molecule has 5 nitrogen and oxygen atoms in total. The maximum atomic E-state index is 12.4. The second kappa shape index (κ2) is 8.96. The minimum atomic E-state index is 0.0723. The standard InChI is InChI=1S/C20H25N3O2S/c1-3-25-19-7-4-17(5-8-19)6-9-20(24)23-12-10-22(11-13-23)14-18-15-26-16(2)21-18/h4-9,15H,3,10-14H2,1-2H3/b9-6+. The minimum absolute atomic E-state index is 0.0723. The number of piperazine rings is 1. The summed E-state index contributed by atoms with van der Waals surface area (Å²) < 4.78 is 5.43. The van der Waals surface area contributed by atoms with Crippen molar-refractivity contribution in [1.82, 2.24) is 14.8 Å². The summed E-state index contributed by atoms with van der Waals surface area (Å²) in [4.78, 5) is 21.2. The summed E-state index contributed by atoms with van der Waals surface area (Å²) in [6, 6.07) is 7.77. The average Bonchev–Trinajstić information content (AvgIpc) is 3.06. The highest BCUT2D eigenvalue weighted by Gasteiger charge is 2.20. The van der Waals surface area contributed by atoms with Gasteiger partial charge in [-0.15, -0.1) is 11.3 Å². The lowest BCUT2D eigenvalue weighted by Crippen LogP contribution is -2.47. The Hall–Kier alpha value is -2.18. The normalized spacial score (nSPS) is 15.5. The third kappa shape index (κ3) is 5.16. The van der Waals surface area contributed by atoms with E-state index in [1.165, 1.54) is 0 Å². The Labute approximate surface area is 158 Å². The van der Waals surface area contributed by atoms with Gasteiger partial charge in [0.25, 0.3) is 0 Å². The van der Waals surface area contributed by atoms with Gasteiger partial charge in [-0.1, -0.05) is 12.1 Å². The van der Waals surface area contributed by atoms with E-state index in [1.807, 2.05) is 49.1 Å². The molecule has 2 heterocycles. The molecule has 0 bridgehead atoms. The van der Waals surface area contributed by atoms with Gasteiger partial charge in [-0.25, -0.2) is 4.98 Å². The van der Waals surface area contributed by atoms with E-state index < -0.39 is 0 Å². The molecule has 0 radical (unpaired) electrons. The number of thiazole rings is 1. The van der Waals surface area contributed by atoms with Crippen molar-refractivity contribution in [3.63, 3.8) is 0 Å². The molecule has 0 atom stereocenters. The number of benzene rings is 1. The Morgan fingerprint density at radius 3 is 2.58 bits per heavy atom. The quantitative estimate of drug-likeness (QED) is 0.732. The third-order valence-electron chi connectivity index (χ3n) is 4.35. The summed E-state index contributed by atoms with van der Waals surface area (Å²) in [6.45, 7) is 8.81. The predicted octanol–water partition coefficient (Wildman–Crippen LogP) is 3.21. The molecule has 1 aromatic heterocycles. The van der Waals surface area contributed by atoms with Gasteiger partial charge in [0.15, 0.2) is 0 Å².